The number of piperazine rings is 1. The third kappa shape index (κ3) is 3.46. The Morgan fingerprint density at radius 3 is 2.36 bits per heavy atom. The summed E-state index contributed by atoms with van der Waals surface area (Å²) in [4.78, 5) is 19.7. The first kappa shape index (κ1) is 16.3. The molecular formula is C17H20ClFN6. The third-order valence-electron chi connectivity index (χ3n) is 4.71. The van der Waals surface area contributed by atoms with Gasteiger partial charge in [0.2, 0.25) is 5.95 Å². The minimum atomic E-state index is -0.381. The highest BCUT2D eigenvalue weighted by Crippen LogP contribution is 2.23. The number of anilines is 3. The van der Waals surface area contributed by atoms with Gasteiger partial charge in [0.25, 0.3) is 0 Å². The van der Waals surface area contributed by atoms with E-state index in [0.717, 1.165) is 37.9 Å². The van der Waals surface area contributed by atoms with E-state index in [1.165, 1.54) is 25.1 Å². The van der Waals surface area contributed by atoms with Crippen LogP contribution in [0.1, 0.15) is 12.8 Å². The summed E-state index contributed by atoms with van der Waals surface area (Å²) in [5.74, 6) is 1.72. The molecule has 2 aliphatic heterocycles. The molecule has 4 rings (SSSR count). The van der Waals surface area contributed by atoms with Crippen LogP contribution in [0.3, 0.4) is 0 Å². The topological polar surface area (TPSA) is 48.4 Å². The molecule has 0 amide bonds. The smallest absolute Gasteiger partial charge is 0.227 e. The van der Waals surface area contributed by atoms with Crippen molar-refractivity contribution in [3.8, 4) is 0 Å². The maximum absolute atomic E-state index is 14.0. The molecule has 8 heteroatoms. The molecule has 2 aromatic heterocycles. The number of pyridine rings is 1. The fraction of sp³-hybridized carbons (Fsp3) is 0.471. The van der Waals surface area contributed by atoms with Gasteiger partial charge in [-0.15, -0.1) is 0 Å². The lowest BCUT2D eigenvalue weighted by Gasteiger charge is -2.35. The van der Waals surface area contributed by atoms with Crippen molar-refractivity contribution in [2.75, 3.05) is 54.0 Å². The zero-order valence-electron chi connectivity index (χ0n) is 13.9. The Labute approximate surface area is 151 Å². The molecule has 4 heterocycles. The fourth-order valence-electron chi connectivity index (χ4n) is 3.37. The van der Waals surface area contributed by atoms with E-state index in [9.17, 15) is 4.39 Å². The second-order valence-electron chi connectivity index (χ2n) is 6.34. The summed E-state index contributed by atoms with van der Waals surface area (Å²) in [6, 6.07) is 3.27. The number of hydrogen-bond donors (Lipinski definition) is 0. The lowest BCUT2D eigenvalue weighted by molar-refractivity contribution is 0.585. The molecule has 0 bridgehead atoms. The Morgan fingerprint density at radius 2 is 1.64 bits per heavy atom. The van der Waals surface area contributed by atoms with Crippen LogP contribution in [0.15, 0.2) is 24.5 Å². The van der Waals surface area contributed by atoms with Crippen molar-refractivity contribution in [2.45, 2.75) is 12.8 Å². The van der Waals surface area contributed by atoms with E-state index in [4.69, 9.17) is 16.6 Å². The maximum Gasteiger partial charge on any atom is 0.227 e. The van der Waals surface area contributed by atoms with Crippen molar-refractivity contribution in [3.63, 3.8) is 0 Å². The third-order valence-corrected chi connectivity index (χ3v) is 4.92. The van der Waals surface area contributed by atoms with E-state index in [0.29, 0.717) is 23.9 Å². The van der Waals surface area contributed by atoms with Gasteiger partial charge < -0.3 is 14.7 Å². The Kier molecular flexibility index (Phi) is 4.57. The molecule has 0 unspecified atom stereocenters. The first-order valence-electron chi connectivity index (χ1n) is 8.60. The molecule has 132 valence electrons. The standard InChI is InChI=1S/C17H20ClFN6/c18-13-11-14(19)16(21-12-13)24-7-9-25(10-8-24)17-20-4-3-15(22-17)23-5-1-2-6-23/h3-4,11-12H,1-2,5-10H2. The van der Waals surface area contributed by atoms with Crippen molar-refractivity contribution < 1.29 is 4.39 Å². The second-order valence-corrected chi connectivity index (χ2v) is 6.78. The fourth-order valence-corrected chi connectivity index (χ4v) is 3.52. The average molecular weight is 363 g/mol. The van der Waals surface area contributed by atoms with Crippen molar-refractivity contribution in [1.82, 2.24) is 15.0 Å². The van der Waals surface area contributed by atoms with Gasteiger partial charge in [-0.2, -0.15) is 4.98 Å². The van der Waals surface area contributed by atoms with Gasteiger partial charge in [0.15, 0.2) is 11.6 Å². The lowest BCUT2D eigenvalue weighted by Crippen LogP contribution is -2.47. The molecule has 0 aliphatic carbocycles. The molecule has 2 aromatic rings. The number of halogens is 2. The van der Waals surface area contributed by atoms with Gasteiger partial charge in [-0.05, 0) is 25.0 Å². The first-order chi connectivity index (χ1) is 12.2. The van der Waals surface area contributed by atoms with Gasteiger partial charge in [-0.1, -0.05) is 11.6 Å². The predicted molar refractivity (Wildman–Crippen MR) is 97.1 cm³/mol. The Balaban J connectivity index is 1.44. The molecule has 0 N–H and O–H groups in total. The van der Waals surface area contributed by atoms with Crippen LogP contribution < -0.4 is 14.7 Å². The summed E-state index contributed by atoms with van der Waals surface area (Å²) in [5.41, 5.74) is 0. The zero-order valence-corrected chi connectivity index (χ0v) is 14.7. The number of nitrogens with zero attached hydrogens (tertiary/aromatic N) is 6. The summed E-state index contributed by atoms with van der Waals surface area (Å²) in [6.07, 6.45) is 5.74. The summed E-state index contributed by atoms with van der Waals surface area (Å²) >= 11 is 5.78. The van der Waals surface area contributed by atoms with E-state index >= 15 is 0 Å². The molecule has 2 fully saturated rings. The molecule has 6 nitrogen and oxygen atoms in total. The number of hydrogen-bond acceptors (Lipinski definition) is 6. The van der Waals surface area contributed by atoms with Gasteiger partial charge in [-0.3, -0.25) is 0 Å². The van der Waals surface area contributed by atoms with Crippen molar-refractivity contribution >= 4 is 29.2 Å². The van der Waals surface area contributed by atoms with E-state index in [-0.39, 0.29) is 5.82 Å². The molecule has 25 heavy (non-hydrogen) atoms. The summed E-state index contributed by atoms with van der Waals surface area (Å²) < 4.78 is 14.0. The van der Waals surface area contributed by atoms with Crippen molar-refractivity contribution in [3.05, 3.63) is 35.4 Å². The normalized spacial score (nSPS) is 18.1. The van der Waals surface area contributed by atoms with Crippen molar-refractivity contribution in [1.29, 1.82) is 0 Å². The van der Waals surface area contributed by atoms with Crippen LogP contribution in [-0.4, -0.2) is 54.2 Å². The van der Waals surface area contributed by atoms with Crippen LogP contribution in [0.2, 0.25) is 5.02 Å². The van der Waals surface area contributed by atoms with Gasteiger partial charge in [0.1, 0.15) is 5.82 Å². The molecule has 2 saturated heterocycles. The highest BCUT2D eigenvalue weighted by molar-refractivity contribution is 6.30. The SMILES string of the molecule is Fc1cc(Cl)cnc1N1CCN(c2nccc(N3CCCC3)n2)CC1. The Hall–Kier alpha value is -2.15. The summed E-state index contributed by atoms with van der Waals surface area (Å²) in [5, 5.41) is 0.312. The maximum atomic E-state index is 14.0. The molecule has 0 radical (unpaired) electrons. The largest absolute Gasteiger partial charge is 0.356 e. The van der Waals surface area contributed by atoms with E-state index in [1.807, 2.05) is 17.2 Å². The van der Waals surface area contributed by atoms with Gasteiger partial charge >= 0.3 is 0 Å². The second kappa shape index (κ2) is 7.00. The quantitative estimate of drug-likeness (QED) is 0.836. The molecular weight excluding hydrogens is 343 g/mol. The predicted octanol–water partition coefficient (Wildman–Crippen LogP) is 2.59. The van der Waals surface area contributed by atoms with E-state index in [2.05, 4.69) is 19.8 Å². The number of aromatic nitrogens is 3. The van der Waals surface area contributed by atoms with Gasteiger partial charge in [-0.25, -0.2) is 14.4 Å². The molecule has 0 saturated carbocycles. The van der Waals surface area contributed by atoms with E-state index in [1.54, 1.807) is 0 Å². The Morgan fingerprint density at radius 1 is 0.920 bits per heavy atom. The highest BCUT2D eigenvalue weighted by atomic mass is 35.5. The summed E-state index contributed by atoms with van der Waals surface area (Å²) in [7, 11) is 0. The Bertz CT molecular complexity index is 744. The minimum absolute atomic E-state index is 0.312. The van der Waals surface area contributed by atoms with Crippen molar-refractivity contribution in [2.24, 2.45) is 0 Å². The van der Waals surface area contributed by atoms with Crippen LogP contribution >= 0.6 is 11.6 Å². The zero-order chi connectivity index (χ0) is 17.2. The molecule has 0 aromatic carbocycles. The average Bonchev–Trinajstić information content (AvgIpc) is 3.17. The van der Waals surface area contributed by atoms with Crippen LogP contribution in [0.5, 0.6) is 0 Å². The van der Waals surface area contributed by atoms with Gasteiger partial charge in [0, 0.05) is 51.7 Å². The molecule has 2 aliphatic rings. The van der Waals surface area contributed by atoms with Crippen LogP contribution in [0, 0.1) is 5.82 Å². The highest BCUT2D eigenvalue weighted by Gasteiger charge is 2.23. The van der Waals surface area contributed by atoms with Crippen LogP contribution in [0.4, 0.5) is 22.0 Å². The number of rotatable bonds is 3. The minimum Gasteiger partial charge on any atom is -0.356 e. The van der Waals surface area contributed by atoms with Crippen LogP contribution in [-0.2, 0) is 0 Å². The van der Waals surface area contributed by atoms with Gasteiger partial charge in [0.05, 0.1) is 5.02 Å². The molecule has 0 atom stereocenters. The summed E-state index contributed by atoms with van der Waals surface area (Å²) in [6.45, 7) is 4.92. The molecule has 0 spiro atoms. The van der Waals surface area contributed by atoms with E-state index < -0.39 is 0 Å². The monoisotopic (exact) mass is 362 g/mol. The lowest BCUT2D eigenvalue weighted by atomic mass is 10.3. The van der Waals surface area contributed by atoms with Crippen LogP contribution in [0.25, 0.3) is 0 Å². The first-order valence-corrected chi connectivity index (χ1v) is 8.97.